The highest BCUT2D eigenvalue weighted by Crippen LogP contribution is 2.37. The van der Waals surface area contributed by atoms with E-state index in [0.29, 0.717) is 5.88 Å². The van der Waals surface area contributed by atoms with Gasteiger partial charge in [-0.2, -0.15) is 0 Å². The summed E-state index contributed by atoms with van der Waals surface area (Å²) in [6, 6.07) is 7.79. The minimum absolute atomic E-state index is 0.121. The number of nitrogens with two attached hydrogens (primary N) is 1. The van der Waals surface area contributed by atoms with E-state index in [0.717, 1.165) is 23.4 Å². The van der Waals surface area contributed by atoms with Crippen LogP contribution in [0.5, 0.6) is 5.75 Å². The molecule has 0 aliphatic carbocycles. The summed E-state index contributed by atoms with van der Waals surface area (Å²) in [7, 11) is 0. The molecule has 0 saturated carbocycles. The van der Waals surface area contributed by atoms with E-state index in [4.69, 9.17) is 15.0 Å². The van der Waals surface area contributed by atoms with Crippen LogP contribution in [0.2, 0.25) is 0 Å². The van der Waals surface area contributed by atoms with Crippen LogP contribution in [0.15, 0.2) is 28.8 Å². The Morgan fingerprint density at radius 2 is 2.12 bits per heavy atom. The number of fused-ring (bicyclic) bond motifs is 1. The third-order valence-corrected chi connectivity index (χ3v) is 2.89. The molecular weight excluding hydrogens is 216 g/mol. The molecule has 2 heterocycles. The molecule has 17 heavy (non-hydrogen) atoms. The van der Waals surface area contributed by atoms with Crippen molar-refractivity contribution in [2.75, 3.05) is 5.73 Å². The number of anilines is 1. The molecule has 1 aliphatic heterocycles. The molecule has 2 N–H and O–H groups in total. The van der Waals surface area contributed by atoms with Crippen molar-refractivity contribution in [3.05, 3.63) is 29.8 Å². The second kappa shape index (κ2) is 3.26. The Hall–Kier alpha value is -1.97. The number of hydrogen-bond donors (Lipinski definition) is 1. The van der Waals surface area contributed by atoms with Crippen molar-refractivity contribution in [3.8, 4) is 17.0 Å². The molecule has 3 rings (SSSR count). The SMILES string of the molecule is CC1(C)Cc2ccc(-c3cc(N)on3)cc2O1. The van der Waals surface area contributed by atoms with Gasteiger partial charge >= 0.3 is 0 Å². The monoisotopic (exact) mass is 230 g/mol. The van der Waals surface area contributed by atoms with Gasteiger partial charge in [-0.3, -0.25) is 0 Å². The summed E-state index contributed by atoms with van der Waals surface area (Å²) in [6.45, 7) is 4.17. The van der Waals surface area contributed by atoms with Gasteiger partial charge in [0.2, 0.25) is 5.88 Å². The van der Waals surface area contributed by atoms with E-state index < -0.39 is 0 Å². The van der Waals surface area contributed by atoms with Crippen LogP contribution in [0.1, 0.15) is 19.4 Å². The molecule has 4 heteroatoms. The van der Waals surface area contributed by atoms with Gasteiger partial charge in [0, 0.05) is 18.1 Å². The zero-order chi connectivity index (χ0) is 12.0. The highest BCUT2D eigenvalue weighted by atomic mass is 16.5. The summed E-state index contributed by atoms with van der Waals surface area (Å²) >= 11 is 0. The van der Waals surface area contributed by atoms with Crippen molar-refractivity contribution in [1.82, 2.24) is 5.16 Å². The maximum atomic E-state index is 5.87. The lowest BCUT2D eigenvalue weighted by molar-refractivity contribution is 0.138. The van der Waals surface area contributed by atoms with E-state index in [-0.39, 0.29) is 5.60 Å². The summed E-state index contributed by atoms with van der Waals surface area (Å²) in [5.74, 6) is 1.25. The molecule has 0 fully saturated rings. The predicted molar refractivity (Wildman–Crippen MR) is 64.8 cm³/mol. The van der Waals surface area contributed by atoms with Gasteiger partial charge in [-0.25, -0.2) is 0 Å². The van der Waals surface area contributed by atoms with Crippen LogP contribution in [-0.4, -0.2) is 10.8 Å². The number of rotatable bonds is 1. The topological polar surface area (TPSA) is 61.3 Å². The summed E-state index contributed by atoms with van der Waals surface area (Å²) in [5, 5.41) is 3.89. The third-order valence-electron chi connectivity index (χ3n) is 2.89. The average Bonchev–Trinajstić information content (AvgIpc) is 2.78. The highest BCUT2D eigenvalue weighted by Gasteiger charge is 2.30. The quantitative estimate of drug-likeness (QED) is 0.818. The minimum Gasteiger partial charge on any atom is -0.487 e. The van der Waals surface area contributed by atoms with Crippen LogP contribution in [0.25, 0.3) is 11.3 Å². The van der Waals surface area contributed by atoms with Gasteiger partial charge in [0.05, 0.1) is 0 Å². The molecule has 0 saturated heterocycles. The van der Waals surface area contributed by atoms with Crippen molar-refractivity contribution in [3.63, 3.8) is 0 Å². The number of aromatic nitrogens is 1. The molecule has 0 bridgehead atoms. The molecule has 1 aliphatic rings. The molecule has 0 atom stereocenters. The predicted octanol–water partition coefficient (Wildman–Crippen LogP) is 2.64. The van der Waals surface area contributed by atoms with Crippen LogP contribution in [0.4, 0.5) is 5.88 Å². The van der Waals surface area contributed by atoms with E-state index in [1.807, 2.05) is 12.1 Å². The molecule has 0 spiro atoms. The molecule has 0 amide bonds. The Morgan fingerprint density at radius 3 is 2.82 bits per heavy atom. The van der Waals surface area contributed by atoms with Crippen molar-refractivity contribution in [1.29, 1.82) is 0 Å². The highest BCUT2D eigenvalue weighted by molar-refractivity contribution is 5.64. The Balaban J connectivity index is 2.01. The Morgan fingerprint density at radius 1 is 1.29 bits per heavy atom. The largest absolute Gasteiger partial charge is 0.487 e. The van der Waals surface area contributed by atoms with Gasteiger partial charge in [0.1, 0.15) is 17.0 Å². The van der Waals surface area contributed by atoms with Gasteiger partial charge in [-0.15, -0.1) is 0 Å². The fourth-order valence-electron chi connectivity index (χ4n) is 2.17. The van der Waals surface area contributed by atoms with Crippen LogP contribution in [0.3, 0.4) is 0 Å². The zero-order valence-corrected chi connectivity index (χ0v) is 9.86. The van der Waals surface area contributed by atoms with E-state index in [2.05, 4.69) is 25.1 Å². The van der Waals surface area contributed by atoms with Gasteiger partial charge < -0.3 is 15.0 Å². The first-order valence-corrected chi connectivity index (χ1v) is 5.58. The summed E-state index contributed by atoms with van der Waals surface area (Å²) in [4.78, 5) is 0. The normalized spacial score (nSPS) is 16.6. The van der Waals surface area contributed by atoms with Gasteiger partial charge in [0.25, 0.3) is 0 Å². The lowest BCUT2D eigenvalue weighted by Gasteiger charge is -2.16. The van der Waals surface area contributed by atoms with Crippen molar-refractivity contribution in [2.45, 2.75) is 25.9 Å². The third kappa shape index (κ3) is 1.75. The molecule has 0 unspecified atom stereocenters. The first-order chi connectivity index (χ1) is 8.03. The Kier molecular flexibility index (Phi) is 1.96. The number of ether oxygens (including phenoxy) is 1. The smallest absolute Gasteiger partial charge is 0.222 e. The standard InChI is InChI=1S/C13H14N2O2/c1-13(2)7-9-4-3-8(5-11(9)16-13)10-6-12(14)17-15-10/h3-6H,7,14H2,1-2H3. The summed E-state index contributed by atoms with van der Waals surface area (Å²) in [6.07, 6.45) is 0.934. The molecule has 1 aromatic heterocycles. The fourth-order valence-corrected chi connectivity index (χ4v) is 2.17. The Labute approximate surface area is 99.4 Å². The number of hydrogen-bond acceptors (Lipinski definition) is 4. The minimum atomic E-state index is -0.121. The van der Waals surface area contributed by atoms with Crippen LogP contribution in [-0.2, 0) is 6.42 Å². The number of nitrogen functional groups attached to an aromatic ring is 1. The van der Waals surface area contributed by atoms with Crippen LogP contribution >= 0.6 is 0 Å². The van der Waals surface area contributed by atoms with E-state index in [1.165, 1.54) is 5.56 Å². The zero-order valence-electron chi connectivity index (χ0n) is 9.86. The van der Waals surface area contributed by atoms with Crippen molar-refractivity contribution < 1.29 is 9.26 Å². The van der Waals surface area contributed by atoms with E-state index >= 15 is 0 Å². The van der Waals surface area contributed by atoms with Gasteiger partial charge in [-0.05, 0) is 25.5 Å². The van der Waals surface area contributed by atoms with E-state index in [1.54, 1.807) is 6.07 Å². The first-order valence-electron chi connectivity index (χ1n) is 5.58. The maximum absolute atomic E-state index is 5.87. The second-order valence-electron chi connectivity index (χ2n) is 4.98. The van der Waals surface area contributed by atoms with Crippen LogP contribution < -0.4 is 10.5 Å². The lowest BCUT2D eigenvalue weighted by Crippen LogP contribution is -2.24. The molecule has 1 aromatic carbocycles. The number of nitrogens with zero attached hydrogens (tertiary/aromatic N) is 1. The molecule has 4 nitrogen and oxygen atoms in total. The molecule has 2 aromatic rings. The summed E-state index contributed by atoms with van der Waals surface area (Å²) < 4.78 is 10.7. The Bertz CT molecular complexity index is 573. The summed E-state index contributed by atoms with van der Waals surface area (Å²) in [5.41, 5.74) is 8.32. The average molecular weight is 230 g/mol. The van der Waals surface area contributed by atoms with Crippen LogP contribution in [0, 0.1) is 0 Å². The molecule has 88 valence electrons. The number of benzene rings is 1. The second-order valence-corrected chi connectivity index (χ2v) is 4.98. The van der Waals surface area contributed by atoms with E-state index in [9.17, 15) is 0 Å². The first kappa shape index (κ1) is 10.2. The van der Waals surface area contributed by atoms with Gasteiger partial charge in [-0.1, -0.05) is 17.3 Å². The molecular formula is C13H14N2O2. The maximum Gasteiger partial charge on any atom is 0.222 e. The van der Waals surface area contributed by atoms with Gasteiger partial charge in [0.15, 0.2) is 0 Å². The van der Waals surface area contributed by atoms with Crippen molar-refractivity contribution >= 4 is 5.88 Å². The van der Waals surface area contributed by atoms with Crippen molar-refractivity contribution in [2.24, 2.45) is 0 Å². The molecule has 0 radical (unpaired) electrons. The lowest BCUT2D eigenvalue weighted by atomic mass is 10.0. The fraction of sp³-hybridized carbons (Fsp3) is 0.308.